The standard InChI is InChI=1S/C14H26N2OS/c1-10-8-16(9-11(2)18-10)14(17)13-5-3-12(7-15)4-6-13/h10-13H,3-9,15H2,1-2H3. The van der Waals surface area contributed by atoms with Crippen molar-refractivity contribution in [2.24, 2.45) is 17.6 Å². The molecule has 1 heterocycles. The van der Waals surface area contributed by atoms with E-state index in [1.165, 1.54) is 0 Å². The fraction of sp³-hybridized carbons (Fsp3) is 0.929. The molecule has 1 aliphatic carbocycles. The summed E-state index contributed by atoms with van der Waals surface area (Å²) in [6.07, 6.45) is 4.38. The van der Waals surface area contributed by atoms with Gasteiger partial charge in [0, 0.05) is 29.5 Å². The van der Waals surface area contributed by atoms with Gasteiger partial charge in [0.25, 0.3) is 0 Å². The summed E-state index contributed by atoms with van der Waals surface area (Å²) in [6.45, 7) is 7.11. The monoisotopic (exact) mass is 270 g/mol. The van der Waals surface area contributed by atoms with Crippen LogP contribution in [-0.2, 0) is 4.79 Å². The second-order valence-electron chi connectivity index (χ2n) is 5.95. The van der Waals surface area contributed by atoms with Crippen molar-refractivity contribution >= 4 is 17.7 Å². The Morgan fingerprint density at radius 2 is 1.72 bits per heavy atom. The van der Waals surface area contributed by atoms with Crippen LogP contribution in [0.2, 0.25) is 0 Å². The van der Waals surface area contributed by atoms with Crippen molar-refractivity contribution in [1.29, 1.82) is 0 Å². The summed E-state index contributed by atoms with van der Waals surface area (Å²) >= 11 is 2.00. The van der Waals surface area contributed by atoms with Gasteiger partial charge in [-0.2, -0.15) is 11.8 Å². The molecule has 0 radical (unpaired) electrons. The van der Waals surface area contributed by atoms with Gasteiger partial charge in [0.15, 0.2) is 0 Å². The second-order valence-corrected chi connectivity index (χ2v) is 7.84. The molecule has 2 fully saturated rings. The van der Waals surface area contributed by atoms with Gasteiger partial charge >= 0.3 is 0 Å². The Bertz CT molecular complexity index is 280. The number of rotatable bonds is 2. The van der Waals surface area contributed by atoms with Gasteiger partial charge in [0.2, 0.25) is 5.91 Å². The summed E-state index contributed by atoms with van der Waals surface area (Å²) in [5, 5.41) is 1.16. The molecule has 1 saturated carbocycles. The molecule has 4 heteroatoms. The Kier molecular flexibility index (Phi) is 4.96. The number of hydrogen-bond acceptors (Lipinski definition) is 3. The average molecular weight is 270 g/mol. The van der Waals surface area contributed by atoms with Gasteiger partial charge in [-0.25, -0.2) is 0 Å². The maximum Gasteiger partial charge on any atom is 0.225 e. The largest absolute Gasteiger partial charge is 0.340 e. The quantitative estimate of drug-likeness (QED) is 0.836. The summed E-state index contributed by atoms with van der Waals surface area (Å²) in [6, 6.07) is 0. The molecule has 3 nitrogen and oxygen atoms in total. The van der Waals surface area contributed by atoms with Crippen LogP contribution < -0.4 is 5.73 Å². The van der Waals surface area contributed by atoms with Crippen LogP contribution in [0.25, 0.3) is 0 Å². The van der Waals surface area contributed by atoms with E-state index in [-0.39, 0.29) is 5.92 Å². The van der Waals surface area contributed by atoms with E-state index in [0.29, 0.717) is 22.3 Å². The maximum absolute atomic E-state index is 12.5. The molecule has 2 unspecified atom stereocenters. The van der Waals surface area contributed by atoms with Crippen molar-refractivity contribution in [3.8, 4) is 0 Å². The summed E-state index contributed by atoms with van der Waals surface area (Å²) in [7, 11) is 0. The Hall–Kier alpha value is -0.220. The zero-order chi connectivity index (χ0) is 13.1. The van der Waals surface area contributed by atoms with Gasteiger partial charge in [-0.05, 0) is 38.1 Å². The first-order chi connectivity index (χ1) is 8.60. The Morgan fingerprint density at radius 1 is 1.17 bits per heavy atom. The van der Waals surface area contributed by atoms with Crippen LogP contribution in [0.3, 0.4) is 0 Å². The van der Waals surface area contributed by atoms with Gasteiger partial charge in [-0.1, -0.05) is 13.8 Å². The number of thioether (sulfide) groups is 1. The van der Waals surface area contributed by atoms with E-state index in [1.54, 1.807) is 0 Å². The van der Waals surface area contributed by atoms with Crippen molar-refractivity contribution in [2.75, 3.05) is 19.6 Å². The van der Waals surface area contributed by atoms with Crippen LogP contribution >= 0.6 is 11.8 Å². The topological polar surface area (TPSA) is 46.3 Å². The fourth-order valence-corrected chi connectivity index (χ4v) is 4.59. The van der Waals surface area contributed by atoms with E-state index >= 15 is 0 Å². The smallest absolute Gasteiger partial charge is 0.225 e. The lowest BCUT2D eigenvalue weighted by Crippen LogP contribution is -2.47. The predicted octanol–water partition coefficient (Wildman–Crippen LogP) is 2.10. The van der Waals surface area contributed by atoms with Crippen LogP contribution in [0.5, 0.6) is 0 Å². The molecule has 0 spiro atoms. The predicted molar refractivity (Wildman–Crippen MR) is 77.6 cm³/mol. The highest BCUT2D eigenvalue weighted by Gasteiger charge is 2.32. The number of nitrogens with two attached hydrogens (primary N) is 1. The fourth-order valence-electron chi connectivity index (χ4n) is 3.26. The van der Waals surface area contributed by atoms with Gasteiger partial charge in [-0.3, -0.25) is 4.79 Å². The van der Waals surface area contributed by atoms with Crippen LogP contribution in [0.4, 0.5) is 0 Å². The number of carbonyl (C=O) groups is 1. The van der Waals surface area contributed by atoms with Crippen molar-refractivity contribution in [2.45, 2.75) is 50.0 Å². The average Bonchev–Trinajstić information content (AvgIpc) is 2.37. The van der Waals surface area contributed by atoms with Crippen LogP contribution in [0, 0.1) is 11.8 Å². The van der Waals surface area contributed by atoms with E-state index in [4.69, 9.17) is 5.73 Å². The minimum Gasteiger partial charge on any atom is -0.340 e. The molecule has 0 aromatic rings. The number of nitrogens with zero attached hydrogens (tertiary/aromatic N) is 1. The van der Waals surface area contributed by atoms with Crippen LogP contribution in [0.15, 0.2) is 0 Å². The number of hydrogen-bond donors (Lipinski definition) is 1. The van der Waals surface area contributed by atoms with Gasteiger partial charge in [0.1, 0.15) is 0 Å². The van der Waals surface area contributed by atoms with E-state index in [1.807, 2.05) is 11.8 Å². The van der Waals surface area contributed by atoms with Crippen LogP contribution in [0.1, 0.15) is 39.5 Å². The highest BCUT2D eigenvalue weighted by molar-refractivity contribution is 8.00. The summed E-state index contributed by atoms with van der Waals surface area (Å²) < 4.78 is 0. The third-order valence-corrected chi connectivity index (χ3v) is 5.49. The molecule has 18 heavy (non-hydrogen) atoms. The zero-order valence-electron chi connectivity index (χ0n) is 11.6. The second kappa shape index (κ2) is 6.29. The van der Waals surface area contributed by atoms with Crippen molar-refractivity contribution < 1.29 is 4.79 Å². The van der Waals surface area contributed by atoms with E-state index in [0.717, 1.165) is 45.3 Å². The lowest BCUT2D eigenvalue weighted by molar-refractivity contribution is -0.137. The Balaban J connectivity index is 1.87. The third kappa shape index (κ3) is 3.41. The number of amides is 1. The van der Waals surface area contributed by atoms with E-state index in [2.05, 4.69) is 18.7 Å². The van der Waals surface area contributed by atoms with Gasteiger partial charge in [0.05, 0.1) is 0 Å². The Labute approximate surface area is 115 Å². The van der Waals surface area contributed by atoms with Crippen molar-refractivity contribution in [1.82, 2.24) is 4.90 Å². The molecule has 2 atom stereocenters. The summed E-state index contributed by atoms with van der Waals surface area (Å²) in [5.41, 5.74) is 5.71. The molecular weight excluding hydrogens is 244 g/mol. The molecule has 1 saturated heterocycles. The third-order valence-electron chi connectivity index (χ3n) is 4.26. The van der Waals surface area contributed by atoms with E-state index < -0.39 is 0 Å². The lowest BCUT2D eigenvalue weighted by atomic mass is 9.81. The molecule has 104 valence electrons. The van der Waals surface area contributed by atoms with Crippen molar-refractivity contribution in [3.05, 3.63) is 0 Å². The van der Waals surface area contributed by atoms with Crippen molar-refractivity contribution in [3.63, 3.8) is 0 Å². The molecular formula is C14H26N2OS. The summed E-state index contributed by atoms with van der Waals surface area (Å²) in [5.74, 6) is 1.34. The van der Waals surface area contributed by atoms with Crippen LogP contribution in [-0.4, -0.2) is 40.9 Å². The lowest BCUT2D eigenvalue weighted by Gasteiger charge is -2.38. The van der Waals surface area contributed by atoms with Gasteiger partial charge < -0.3 is 10.6 Å². The normalized spacial score (nSPS) is 37.6. The summed E-state index contributed by atoms with van der Waals surface area (Å²) in [4.78, 5) is 14.6. The minimum atomic E-state index is 0.273. The van der Waals surface area contributed by atoms with E-state index in [9.17, 15) is 4.79 Å². The molecule has 0 aromatic carbocycles. The minimum absolute atomic E-state index is 0.273. The van der Waals surface area contributed by atoms with Gasteiger partial charge in [-0.15, -0.1) is 0 Å². The molecule has 2 aliphatic rings. The first kappa shape index (κ1) is 14.2. The first-order valence-corrected chi connectivity index (χ1v) is 8.18. The molecule has 1 amide bonds. The zero-order valence-corrected chi connectivity index (χ0v) is 12.4. The number of carbonyl (C=O) groups excluding carboxylic acids is 1. The highest BCUT2D eigenvalue weighted by Crippen LogP contribution is 2.32. The molecule has 2 rings (SSSR count). The molecule has 2 N–H and O–H groups in total. The molecule has 0 aromatic heterocycles. The highest BCUT2D eigenvalue weighted by atomic mass is 32.2. The molecule has 0 bridgehead atoms. The maximum atomic E-state index is 12.5. The Morgan fingerprint density at radius 3 is 2.22 bits per heavy atom. The SMILES string of the molecule is CC1CN(C(=O)C2CCC(CN)CC2)CC(C)S1. The first-order valence-electron chi connectivity index (χ1n) is 7.24. The molecule has 1 aliphatic heterocycles.